The van der Waals surface area contributed by atoms with Crippen LogP contribution in [0.4, 0.5) is 10.5 Å². The van der Waals surface area contributed by atoms with Gasteiger partial charge < -0.3 is 15.4 Å². The van der Waals surface area contributed by atoms with E-state index in [1.165, 1.54) is 22.5 Å². The Labute approximate surface area is 187 Å². The van der Waals surface area contributed by atoms with Crippen LogP contribution in [0.3, 0.4) is 0 Å². The molecule has 4 rings (SSSR count). The van der Waals surface area contributed by atoms with E-state index in [1.807, 2.05) is 6.92 Å². The monoisotopic (exact) mass is 464 g/mol. The zero-order valence-corrected chi connectivity index (χ0v) is 18.8. The number of nitrogens with zero attached hydrogens (tertiary/aromatic N) is 2. The first-order valence-electron chi connectivity index (χ1n) is 10.9. The van der Waals surface area contributed by atoms with Crippen LogP contribution in [-0.2, 0) is 24.3 Å². The third kappa shape index (κ3) is 4.12. The van der Waals surface area contributed by atoms with Crippen molar-refractivity contribution in [2.24, 2.45) is 5.92 Å². The summed E-state index contributed by atoms with van der Waals surface area (Å²) in [5.41, 5.74) is -0.654. The van der Waals surface area contributed by atoms with Crippen LogP contribution >= 0.6 is 0 Å². The second-order valence-corrected chi connectivity index (χ2v) is 10.5. The van der Waals surface area contributed by atoms with Crippen molar-refractivity contribution in [2.45, 2.75) is 43.0 Å². The van der Waals surface area contributed by atoms with Crippen molar-refractivity contribution in [2.75, 3.05) is 38.2 Å². The topological polar surface area (TPSA) is 125 Å². The maximum atomic E-state index is 13.0. The summed E-state index contributed by atoms with van der Waals surface area (Å²) < 4.78 is 32.2. The number of sulfonamides is 1. The number of imide groups is 1. The average molecular weight is 465 g/mol. The minimum Gasteiger partial charge on any atom is -0.379 e. The van der Waals surface area contributed by atoms with Gasteiger partial charge in [0.1, 0.15) is 12.1 Å². The Morgan fingerprint density at radius 3 is 2.72 bits per heavy atom. The number of hydrogen-bond donors (Lipinski definition) is 2. The Balaban J connectivity index is 1.44. The molecule has 2 heterocycles. The summed E-state index contributed by atoms with van der Waals surface area (Å²) in [4.78, 5) is 39.1. The normalized spacial score (nSPS) is 26.9. The van der Waals surface area contributed by atoms with Gasteiger partial charge >= 0.3 is 6.03 Å². The minimum absolute atomic E-state index is 0.00263. The zero-order chi connectivity index (χ0) is 22.9. The molecule has 2 aliphatic heterocycles. The maximum Gasteiger partial charge on any atom is 0.325 e. The molecule has 32 heavy (non-hydrogen) atoms. The van der Waals surface area contributed by atoms with E-state index >= 15 is 0 Å². The highest BCUT2D eigenvalue weighted by molar-refractivity contribution is 7.89. The van der Waals surface area contributed by atoms with Gasteiger partial charge in [-0.2, -0.15) is 4.31 Å². The number of amides is 4. The molecule has 3 fully saturated rings. The summed E-state index contributed by atoms with van der Waals surface area (Å²) in [6, 6.07) is 5.37. The number of nitrogens with one attached hydrogen (secondary N) is 2. The van der Waals surface area contributed by atoms with Gasteiger partial charge in [0.05, 0.1) is 18.1 Å². The standard InChI is InChI=1S/C21H28N4O6S/c1-15-5-2-3-8-21(15)19(27)25(20(28)23-21)14-18(26)22-16-6-4-7-17(13-16)32(29,30)24-9-11-31-12-10-24/h4,6-7,13,15H,2-3,5,8-12,14H2,1H3,(H,22,26)(H,23,28)/t15-,21-/m1/s1. The molecule has 0 radical (unpaired) electrons. The van der Waals surface area contributed by atoms with E-state index in [0.717, 1.165) is 24.2 Å². The van der Waals surface area contributed by atoms with Crippen LogP contribution < -0.4 is 10.6 Å². The molecule has 10 nitrogen and oxygen atoms in total. The van der Waals surface area contributed by atoms with Crippen LogP contribution in [0.5, 0.6) is 0 Å². The number of carbonyl (C=O) groups is 3. The lowest BCUT2D eigenvalue weighted by Crippen LogP contribution is -2.54. The van der Waals surface area contributed by atoms with E-state index in [2.05, 4.69) is 10.6 Å². The number of benzene rings is 1. The number of ether oxygens (including phenoxy) is 1. The van der Waals surface area contributed by atoms with Gasteiger partial charge in [-0.1, -0.05) is 25.8 Å². The molecular weight excluding hydrogens is 436 g/mol. The molecule has 11 heteroatoms. The first-order chi connectivity index (χ1) is 15.2. The number of urea groups is 1. The fraction of sp³-hybridized carbons (Fsp3) is 0.571. The zero-order valence-electron chi connectivity index (χ0n) is 18.0. The highest BCUT2D eigenvalue weighted by Crippen LogP contribution is 2.38. The predicted molar refractivity (Wildman–Crippen MR) is 115 cm³/mol. The molecular formula is C21H28N4O6S. The van der Waals surface area contributed by atoms with Crippen molar-refractivity contribution >= 4 is 33.6 Å². The quantitative estimate of drug-likeness (QED) is 0.630. The second-order valence-electron chi connectivity index (χ2n) is 8.53. The fourth-order valence-electron chi connectivity index (χ4n) is 4.65. The van der Waals surface area contributed by atoms with E-state index in [9.17, 15) is 22.8 Å². The van der Waals surface area contributed by atoms with Gasteiger partial charge in [-0.25, -0.2) is 13.2 Å². The first-order valence-corrected chi connectivity index (χ1v) is 12.3. The lowest BCUT2D eigenvalue weighted by Gasteiger charge is -2.36. The summed E-state index contributed by atoms with van der Waals surface area (Å²) in [5.74, 6) is -0.939. The third-order valence-corrected chi connectivity index (χ3v) is 8.42. The Bertz CT molecular complexity index is 1020. The van der Waals surface area contributed by atoms with Gasteiger partial charge in [-0.3, -0.25) is 14.5 Å². The van der Waals surface area contributed by atoms with Crippen LogP contribution in [0.15, 0.2) is 29.2 Å². The van der Waals surface area contributed by atoms with Gasteiger partial charge in [0, 0.05) is 18.8 Å². The fourth-order valence-corrected chi connectivity index (χ4v) is 6.11. The highest BCUT2D eigenvalue weighted by Gasteiger charge is 2.55. The SMILES string of the molecule is C[C@@H]1CCCC[C@@]12NC(=O)N(CC(=O)Nc1cccc(S(=O)(=O)N3CCOCC3)c1)C2=O. The summed E-state index contributed by atoms with van der Waals surface area (Å²) in [5, 5.41) is 5.42. The molecule has 1 spiro atoms. The van der Waals surface area contributed by atoms with E-state index in [1.54, 1.807) is 6.07 Å². The smallest absolute Gasteiger partial charge is 0.325 e. The predicted octanol–water partition coefficient (Wildman–Crippen LogP) is 1.15. The number of hydrogen-bond acceptors (Lipinski definition) is 6. The molecule has 174 valence electrons. The van der Waals surface area contributed by atoms with Crippen molar-refractivity contribution in [1.82, 2.24) is 14.5 Å². The summed E-state index contributed by atoms with van der Waals surface area (Å²) in [7, 11) is -3.71. The van der Waals surface area contributed by atoms with E-state index in [-0.39, 0.29) is 35.5 Å². The molecule has 1 aromatic carbocycles. The molecule has 0 unspecified atom stereocenters. The number of carbonyl (C=O) groups excluding carboxylic acids is 3. The summed E-state index contributed by atoms with van der Waals surface area (Å²) in [6.45, 7) is 2.72. The van der Waals surface area contributed by atoms with Crippen LogP contribution in [0.25, 0.3) is 0 Å². The molecule has 1 saturated carbocycles. The van der Waals surface area contributed by atoms with Crippen LogP contribution in [0.1, 0.15) is 32.6 Å². The van der Waals surface area contributed by atoms with E-state index < -0.39 is 34.0 Å². The molecule has 3 aliphatic rings. The van der Waals surface area contributed by atoms with Crippen molar-refractivity contribution in [1.29, 1.82) is 0 Å². The maximum absolute atomic E-state index is 13.0. The Kier molecular flexibility index (Phi) is 6.24. The highest BCUT2D eigenvalue weighted by atomic mass is 32.2. The van der Waals surface area contributed by atoms with Gasteiger partial charge in [0.2, 0.25) is 15.9 Å². The van der Waals surface area contributed by atoms with Gasteiger partial charge in [0.15, 0.2) is 0 Å². The lowest BCUT2D eigenvalue weighted by atomic mass is 9.73. The van der Waals surface area contributed by atoms with Crippen LogP contribution in [0.2, 0.25) is 0 Å². The van der Waals surface area contributed by atoms with Crippen molar-refractivity contribution < 1.29 is 27.5 Å². The molecule has 2 saturated heterocycles. The first kappa shape index (κ1) is 22.7. The second kappa shape index (κ2) is 8.80. The number of anilines is 1. The average Bonchev–Trinajstić information content (AvgIpc) is 3.01. The lowest BCUT2D eigenvalue weighted by molar-refractivity contribution is -0.136. The van der Waals surface area contributed by atoms with E-state index in [4.69, 9.17) is 4.74 Å². The molecule has 1 aliphatic carbocycles. The van der Waals surface area contributed by atoms with Crippen molar-refractivity contribution in [3.63, 3.8) is 0 Å². The molecule has 4 amide bonds. The third-order valence-electron chi connectivity index (χ3n) is 6.53. The van der Waals surface area contributed by atoms with Gasteiger partial charge in [-0.05, 0) is 37.0 Å². The van der Waals surface area contributed by atoms with Gasteiger partial charge in [0.25, 0.3) is 5.91 Å². The Hall–Kier alpha value is -2.50. The molecule has 1 aromatic rings. The summed E-state index contributed by atoms with van der Waals surface area (Å²) in [6.07, 6.45) is 3.27. The Morgan fingerprint density at radius 1 is 1.25 bits per heavy atom. The molecule has 0 aromatic heterocycles. The molecule has 2 N–H and O–H groups in total. The number of rotatable bonds is 5. The van der Waals surface area contributed by atoms with Crippen molar-refractivity contribution in [3.05, 3.63) is 24.3 Å². The molecule has 2 atom stereocenters. The van der Waals surface area contributed by atoms with Crippen LogP contribution in [-0.4, -0.2) is 73.9 Å². The van der Waals surface area contributed by atoms with E-state index in [0.29, 0.717) is 19.6 Å². The minimum atomic E-state index is -3.71. The Morgan fingerprint density at radius 2 is 2.00 bits per heavy atom. The summed E-state index contributed by atoms with van der Waals surface area (Å²) >= 11 is 0. The van der Waals surface area contributed by atoms with Crippen LogP contribution in [0, 0.1) is 5.92 Å². The van der Waals surface area contributed by atoms with Gasteiger partial charge in [-0.15, -0.1) is 0 Å². The van der Waals surface area contributed by atoms with Crippen molar-refractivity contribution in [3.8, 4) is 0 Å². The largest absolute Gasteiger partial charge is 0.379 e. The number of morpholine rings is 1. The molecule has 0 bridgehead atoms.